The van der Waals surface area contributed by atoms with Gasteiger partial charge in [-0.1, -0.05) is 35.9 Å². The Morgan fingerprint density at radius 2 is 1.73 bits per heavy atom. The van der Waals surface area contributed by atoms with Crippen LogP contribution >= 0.6 is 11.6 Å². The molecule has 0 bridgehead atoms. The number of para-hydroxylation sites is 1. The molecule has 0 fully saturated rings. The number of nitrogens with zero attached hydrogens (tertiary/aromatic N) is 1. The summed E-state index contributed by atoms with van der Waals surface area (Å²) in [5.41, 5.74) is 2.31. The van der Waals surface area contributed by atoms with E-state index in [1.54, 1.807) is 29.2 Å². The van der Waals surface area contributed by atoms with Crippen LogP contribution in [0.3, 0.4) is 0 Å². The molecule has 7 heteroatoms. The van der Waals surface area contributed by atoms with Gasteiger partial charge in [0.25, 0.3) is 5.91 Å². The average molecular weight is 426 g/mol. The molecule has 0 heterocycles. The molecule has 0 spiro atoms. The Hall–Kier alpha value is -3.38. The molecule has 3 aromatic carbocycles. The third-order valence-electron chi connectivity index (χ3n) is 4.40. The van der Waals surface area contributed by atoms with Crippen molar-refractivity contribution in [2.45, 2.75) is 6.92 Å². The van der Waals surface area contributed by atoms with E-state index in [4.69, 9.17) is 11.6 Å². The van der Waals surface area contributed by atoms with E-state index in [-0.39, 0.29) is 23.4 Å². The van der Waals surface area contributed by atoms with E-state index >= 15 is 0 Å². The fourth-order valence-electron chi connectivity index (χ4n) is 2.93. The van der Waals surface area contributed by atoms with E-state index in [1.165, 1.54) is 18.2 Å². The van der Waals surface area contributed by atoms with Crippen LogP contribution in [0.15, 0.2) is 72.8 Å². The molecule has 0 saturated carbocycles. The van der Waals surface area contributed by atoms with Crippen LogP contribution in [0.5, 0.6) is 0 Å². The minimum absolute atomic E-state index is 0.0227. The number of anilines is 3. The summed E-state index contributed by atoms with van der Waals surface area (Å²) in [5, 5.41) is 5.61. The van der Waals surface area contributed by atoms with E-state index in [0.29, 0.717) is 23.5 Å². The van der Waals surface area contributed by atoms with Crippen LogP contribution in [0.1, 0.15) is 17.3 Å². The fraction of sp³-hybridized carbons (Fsp3) is 0.130. The summed E-state index contributed by atoms with van der Waals surface area (Å²) in [6.07, 6.45) is 0. The molecule has 2 N–H and O–H groups in total. The molecule has 0 aliphatic carbocycles. The van der Waals surface area contributed by atoms with Crippen LogP contribution < -0.4 is 15.5 Å². The molecule has 2 amide bonds. The molecule has 0 aliphatic rings. The number of benzene rings is 3. The van der Waals surface area contributed by atoms with Crippen molar-refractivity contribution in [3.05, 3.63) is 89.2 Å². The molecule has 0 unspecified atom stereocenters. The van der Waals surface area contributed by atoms with Gasteiger partial charge in [0, 0.05) is 29.2 Å². The third-order valence-corrected chi connectivity index (χ3v) is 4.68. The summed E-state index contributed by atoms with van der Waals surface area (Å²) in [6.45, 7) is 2.39. The Morgan fingerprint density at radius 1 is 0.967 bits per heavy atom. The summed E-state index contributed by atoms with van der Waals surface area (Å²) < 4.78 is 13.2. The van der Waals surface area contributed by atoms with Crippen LogP contribution in [0.25, 0.3) is 0 Å². The maximum absolute atomic E-state index is 13.2. The molecule has 154 valence electrons. The Kier molecular flexibility index (Phi) is 7.03. The number of hydrogen-bond donors (Lipinski definition) is 2. The molecule has 30 heavy (non-hydrogen) atoms. The van der Waals surface area contributed by atoms with Crippen molar-refractivity contribution < 1.29 is 14.0 Å². The van der Waals surface area contributed by atoms with Gasteiger partial charge in [-0.15, -0.1) is 0 Å². The molecule has 0 aromatic heterocycles. The van der Waals surface area contributed by atoms with Gasteiger partial charge in [-0.2, -0.15) is 0 Å². The van der Waals surface area contributed by atoms with Crippen LogP contribution in [0.2, 0.25) is 5.02 Å². The maximum atomic E-state index is 13.2. The summed E-state index contributed by atoms with van der Waals surface area (Å²) >= 11 is 5.74. The number of rotatable bonds is 7. The smallest absolute Gasteiger partial charge is 0.258 e. The zero-order valence-corrected chi connectivity index (χ0v) is 17.1. The number of carbonyl (C=O) groups is 2. The second kappa shape index (κ2) is 9.89. The maximum Gasteiger partial charge on any atom is 0.258 e. The molecule has 0 atom stereocenters. The van der Waals surface area contributed by atoms with Crippen LogP contribution in [0.4, 0.5) is 21.5 Å². The van der Waals surface area contributed by atoms with E-state index < -0.39 is 5.82 Å². The molecule has 3 rings (SSSR count). The number of halogens is 2. The second-order valence-corrected chi connectivity index (χ2v) is 6.90. The molecule has 0 aliphatic heterocycles. The van der Waals surface area contributed by atoms with Gasteiger partial charge in [-0.05, 0) is 55.5 Å². The van der Waals surface area contributed by atoms with Crippen molar-refractivity contribution in [2.24, 2.45) is 0 Å². The van der Waals surface area contributed by atoms with Gasteiger partial charge >= 0.3 is 0 Å². The fourth-order valence-corrected chi connectivity index (χ4v) is 3.11. The zero-order chi connectivity index (χ0) is 21.5. The van der Waals surface area contributed by atoms with Gasteiger partial charge in [-0.3, -0.25) is 9.59 Å². The standard InChI is InChI=1S/C23H21ClFN3O2/c1-2-28(19-9-4-3-5-10-19)23(30)16-7-6-8-18(13-16)27-22(29)15-26-17-11-12-21(25)20(24)14-17/h3-14,26H,2,15H2,1H3,(H,27,29). The third kappa shape index (κ3) is 5.36. The van der Waals surface area contributed by atoms with Gasteiger partial charge in [0.05, 0.1) is 11.6 Å². The van der Waals surface area contributed by atoms with Crippen molar-refractivity contribution in [3.63, 3.8) is 0 Å². The lowest BCUT2D eigenvalue weighted by atomic mass is 10.1. The molecule has 0 radical (unpaired) electrons. The SMILES string of the molecule is CCN(C(=O)c1cccc(NC(=O)CNc2ccc(F)c(Cl)c2)c1)c1ccccc1. The summed E-state index contributed by atoms with van der Waals surface area (Å²) in [6, 6.07) is 20.3. The topological polar surface area (TPSA) is 61.4 Å². The van der Waals surface area contributed by atoms with Gasteiger partial charge in [0.15, 0.2) is 0 Å². The van der Waals surface area contributed by atoms with Crippen LogP contribution in [-0.4, -0.2) is 24.9 Å². The summed E-state index contributed by atoms with van der Waals surface area (Å²) in [7, 11) is 0. The lowest BCUT2D eigenvalue weighted by Gasteiger charge is -2.21. The van der Waals surface area contributed by atoms with Gasteiger partial charge < -0.3 is 15.5 Å². The van der Waals surface area contributed by atoms with E-state index in [1.807, 2.05) is 37.3 Å². The highest BCUT2D eigenvalue weighted by Crippen LogP contribution is 2.20. The Balaban J connectivity index is 1.65. The van der Waals surface area contributed by atoms with Crippen molar-refractivity contribution >= 4 is 40.5 Å². The number of carbonyl (C=O) groups excluding carboxylic acids is 2. The predicted octanol–water partition coefficient (Wildman–Crippen LogP) is 5.20. The zero-order valence-electron chi connectivity index (χ0n) is 16.4. The van der Waals surface area contributed by atoms with Gasteiger partial charge in [-0.25, -0.2) is 4.39 Å². The Bertz CT molecular complexity index is 1040. The Labute approximate surface area is 179 Å². The van der Waals surface area contributed by atoms with Crippen molar-refractivity contribution in [1.82, 2.24) is 0 Å². The minimum atomic E-state index is -0.523. The van der Waals surface area contributed by atoms with Crippen molar-refractivity contribution in [1.29, 1.82) is 0 Å². The van der Waals surface area contributed by atoms with Crippen LogP contribution in [0, 0.1) is 5.82 Å². The predicted molar refractivity (Wildman–Crippen MR) is 119 cm³/mol. The Morgan fingerprint density at radius 3 is 2.43 bits per heavy atom. The summed E-state index contributed by atoms with van der Waals surface area (Å²) in [5.74, 6) is -0.987. The normalized spacial score (nSPS) is 10.4. The number of hydrogen-bond acceptors (Lipinski definition) is 3. The first-order valence-electron chi connectivity index (χ1n) is 9.43. The average Bonchev–Trinajstić information content (AvgIpc) is 2.76. The first kappa shape index (κ1) is 21.3. The quantitative estimate of drug-likeness (QED) is 0.547. The first-order chi connectivity index (χ1) is 14.5. The van der Waals surface area contributed by atoms with E-state index in [0.717, 1.165) is 5.69 Å². The van der Waals surface area contributed by atoms with E-state index in [2.05, 4.69) is 10.6 Å². The lowest BCUT2D eigenvalue weighted by Crippen LogP contribution is -2.30. The molecule has 0 saturated heterocycles. The highest BCUT2D eigenvalue weighted by molar-refractivity contribution is 6.31. The molecular formula is C23H21ClFN3O2. The number of amides is 2. The highest BCUT2D eigenvalue weighted by Gasteiger charge is 2.16. The van der Waals surface area contributed by atoms with Crippen LogP contribution in [-0.2, 0) is 4.79 Å². The molecular weight excluding hydrogens is 405 g/mol. The van der Waals surface area contributed by atoms with Gasteiger partial charge in [0.1, 0.15) is 5.82 Å². The van der Waals surface area contributed by atoms with Crippen molar-refractivity contribution in [2.75, 3.05) is 28.6 Å². The highest BCUT2D eigenvalue weighted by atomic mass is 35.5. The van der Waals surface area contributed by atoms with E-state index in [9.17, 15) is 14.0 Å². The molecule has 3 aromatic rings. The van der Waals surface area contributed by atoms with Gasteiger partial charge in [0.2, 0.25) is 5.91 Å². The second-order valence-electron chi connectivity index (χ2n) is 6.50. The minimum Gasteiger partial charge on any atom is -0.376 e. The largest absolute Gasteiger partial charge is 0.376 e. The lowest BCUT2D eigenvalue weighted by molar-refractivity contribution is -0.114. The first-order valence-corrected chi connectivity index (χ1v) is 9.81. The van der Waals surface area contributed by atoms with Crippen molar-refractivity contribution in [3.8, 4) is 0 Å². The number of nitrogens with one attached hydrogen (secondary N) is 2. The monoisotopic (exact) mass is 425 g/mol. The summed E-state index contributed by atoms with van der Waals surface area (Å²) in [4.78, 5) is 26.9. The molecule has 5 nitrogen and oxygen atoms in total.